The molecule has 0 aromatic heterocycles. The van der Waals surface area contributed by atoms with Gasteiger partial charge in [0.15, 0.2) is 0 Å². The summed E-state index contributed by atoms with van der Waals surface area (Å²) < 4.78 is 10.4. The summed E-state index contributed by atoms with van der Waals surface area (Å²) in [5, 5.41) is 8.84. The SMILES string of the molecule is CC(=O)O[C@H]1[C@H](C)OC=C[C@H]1CCO. The fraction of sp³-hybridized carbons (Fsp3) is 0.700. The van der Waals surface area contributed by atoms with Crippen LogP contribution in [0, 0.1) is 5.92 Å². The van der Waals surface area contributed by atoms with E-state index >= 15 is 0 Å². The average molecular weight is 200 g/mol. The minimum atomic E-state index is -0.316. The maximum Gasteiger partial charge on any atom is 0.303 e. The van der Waals surface area contributed by atoms with Gasteiger partial charge in [-0.25, -0.2) is 0 Å². The lowest BCUT2D eigenvalue weighted by Crippen LogP contribution is -2.38. The molecular weight excluding hydrogens is 184 g/mol. The third kappa shape index (κ3) is 2.73. The number of hydrogen-bond acceptors (Lipinski definition) is 4. The van der Waals surface area contributed by atoms with Crippen LogP contribution in [0.3, 0.4) is 0 Å². The molecule has 4 nitrogen and oxygen atoms in total. The summed E-state index contributed by atoms with van der Waals surface area (Å²) in [4.78, 5) is 10.8. The van der Waals surface area contributed by atoms with Crippen molar-refractivity contribution in [1.82, 2.24) is 0 Å². The number of hydrogen-bond donors (Lipinski definition) is 1. The Kier molecular flexibility index (Phi) is 3.95. The molecule has 0 amide bonds. The predicted octanol–water partition coefficient (Wildman–Crippen LogP) is 0.849. The van der Waals surface area contributed by atoms with Crippen LogP contribution in [0.5, 0.6) is 0 Å². The molecule has 1 N–H and O–H groups in total. The van der Waals surface area contributed by atoms with E-state index in [0.29, 0.717) is 6.42 Å². The van der Waals surface area contributed by atoms with Gasteiger partial charge in [-0.15, -0.1) is 0 Å². The lowest BCUT2D eigenvalue weighted by atomic mass is 9.93. The molecule has 0 aliphatic carbocycles. The Morgan fingerprint density at radius 1 is 1.64 bits per heavy atom. The molecule has 0 aromatic carbocycles. The predicted molar refractivity (Wildman–Crippen MR) is 50.4 cm³/mol. The van der Waals surface area contributed by atoms with Gasteiger partial charge >= 0.3 is 5.97 Å². The highest BCUT2D eigenvalue weighted by atomic mass is 16.6. The molecule has 1 heterocycles. The highest BCUT2D eigenvalue weighted by Crippen LogP contribution is 2.23. The molecule has 4 heteroatoms. The molecule has 0 fully saturated rings. The van der Waals surface area contributed by atoms with Crippen LogP contribution in [0.4, 0.5) is 0 Å². The van der Waals surface area contributed by atoms with Gasteiger partial charge in [0.2, 0.25) is 0 Å². The van der Waals surface area contributed by atoms with Crippen LogP contribution < -0.4 is 0 Å². The largest absolute Gasteiger partial charge is 0.495 e. The Balaban J connectivity index is 2.63. The normalized spacial score (nSPS) is 30.9. The summed E-state index contributed by atoms with van der Waals surface area (Å²) in [6.45, 7) is 3.31. The average Bonchev–Trinajstić information content (AvgIpc) is 2.11. The van der Waals surface area contributed by atoms with Crippen LogP contribution in [0.2, 0.25) is 0 Å². The quantitative estimate of drug-likeness (QED) is 0.686. The van der Waals surface area contributed by atoms with Crippen LogP contribution in [-0.4, -0.2) is 29.9 Å². The Hall–Kier alpha value is -1.03. The summed E-state index contributed by atoms with van der Waals surface area (Å²) in [6, 6.07) is 0. The molecule has 0 bridgehead atoms. The molecule has 1 aliphatic heterocycles. The number of rotatable bonds is 3. The molecule has 0 saturated carbocycles. The van der Waals surface area contributed by atoms with Crippen molar-refractivity contribution in [2.75, 3.05) is 6.61 Å². The van der Waals surface area contributed by atoms with Crippen LogP contribution in [0.25, 0.3) is 0 Å². The van der Waals surface area contributed by atoms with Crippen molar-refractivity contribution in [2.24, 2.45) is 5.92 Å². The summed E-state index contributed by atoms with van der Waals surface area (Å²) in [7, 11) is 0. The summed E-state index contributed by atoms with van der Waals surface area (Å²) in [5.41, 5.74) is 0. The number of carbonyl (C=O) groups is 1. The second-order valence-electron chi connectivity index (χ2n) is 3.42. The van der Waals surface area contributed by atoms with E-state index < -0.39 is 0 Å². The van der Waals surface area contributed by atoms with E-state index in [1.807, 2.05) is 13.0 Å². The number of carbonyl (C=O) groups excluding carboxylic acids is 1. The van der Waals surface area contributed by atoms with Gasteiger partial charge < -0.3 is 14.6 Å². The zero-order valence-electron chi connectivity index (χ0n) is 8.47. The molecule has 0 spiro atoms. The van der Waals surface area contributed by atoms with E-state index in [4.69, 9.17) is 14.6 Å². The third-order valence-electron chi connectivity index (χ3n) is 2.27. The van der Waals surface area contributed by atoms with E-state index in [0.717, 1.165) is 0 Å². The molecule has 0 unspecified atom stereocenters. The molecule has 0 radical (unpaired) electrons. The molecule has 1 aliphatic rings. The van der Waals surface area contributed by atoms with Crippen LogP contribution in [-0.2, 0) is 14.3 Å². The summed E-state index contributed by atoms with van der Waals surface area (Å²) in [6.07, 6.45) is 3.57. The Bertz CT molecular complexity index is 224. The fourth-order valence-electron chi connectivity index (χ4n) is 1.59. The second-order valence-corrected chi connectivity index (χ2v) is 3.42. The zero-order chi connectivity index (χ0) is 10.6. The van der Waals surface area contributed by atoms with Crippen molar-refractivity contribution in [3.8, 4) is 0 Å². The number of aliphatic hydroxyl groups excluding tert-OH is 1. The first-order valence-electron chi connectivity index (χ1n) is 4.75. The third-order valence-corrected chi connectivity index (χ3v) is 2.27. The standard InChI is InChI=1S/C10H16O4/c1-7-10(14-8(2)12)9(3-5-11)4-6-13-7/h4,6-7,9-11H,3,5H2,1-2H3/t7-,9+,10-/m0/s1. The summed E-state index contributed by atoms with van der Waals surface area (Å²) in [5.74, 6) is -0.267. The molecule has 3 atom stereocenters. The van der Waals surface area contributed by atoms with Crippen molar-refractivity contribution in [3.05, 3.63) is 12.3 Å². The van der Waals surface area contributed by atoms with Gasteiger partial charge in [0.1, 0.15) is 12.2 Å². The second kappa shape index (κ2) is 5.00. The molecule has 0 saturated heterocycles. The van der Waals surface area contributed by atoms with Gasteiger partial charge in [0.05, 0.1) is 6.26 Å². The van der Waals surface area contributed by atoms with Gasteiger partial charge in [-0.05, 0) is 19.4 Å². The topological polar surface area (TPSA) is 55.8 Å². The maximum absolute atomic E-state index is 10.8. The van der Waals surface area contributed by atoms with E-state index in [1.54, 1.807) is 6.26 Å². The van der Waals surface area contributed by atoms with Gasteiger partial charge in [-0.2, -0.15) is 0 Å². The van der Waals surface area contributed by atoms with Crippen LogP contribution in [0.15, 0.2) is 12.3 Å². The highest BCUT2D eigenvalue weighted by molar-refractivity contribution is 5.66. The minimum absolute atomic E-state index is 0.0487. The van der Waals surface area contributed by atoms with Crippen molar-refractivity contribution >= 4 is 5.97 Å². The number of ether oxygens (including phenoxy) is 2. The molecule has 14 heavy (non-hydrogen) atoms. The van der Waals surface area contributed by atoms with E-state index in [1.165, 1.54) is 6.92 Å². The molecule has 0 aromatic rings. The fourth-order valence-corrected chi connectivity index (χ4v) is 1.59. The first-order chi connectivity index (χ1) is 6.65. The van der Waals surface area contributed by atoms with Crippen molar-refractivity contribution in [2.45, 2.75) is 32.5 Å². The van der Waals surface area contributed by atoms with Crippen molar-refractivity contribution < 1.29 is 19.4 Å². The van der Waals surface area contributed by atoms with Gasteiger partial charge in [-0.1, -0.05) is 0 Å². The first kappa shape index (κ1) is 11.0. The van der Waals surface area contributed by atoms with Gasteiger partial charge in [-0.3, -0.25) is 4.79 Å². The Morgan fingerprint density at radius 3 is 2.93 bits per heavy atom. The minimum Gasteiger partial charge on any atom is -0.495 e. The first-order valence-corrected chi connectivity index (χ1v) is 4.75. The van der Waals surface area contributed by atoms with Crippen molar-refractivity contribution in [1.29, 1.82) is 0 Å². The molecule has 1 rings (SSSR count). The number of aliphatic hydroxyl groups is 1. The number of esters is 1. The van der Waals surface area contributed by atoms with E-state index in [-0.39, 0.29) is 30.7 Å². The highest BCUT2D eigenvalue weighted by Gasteiger charge is 2.31. The lowest BCUT2D eigenvalue weighted by Gasteiger charge is -2.31. The van der Waals surface area contributed by atoms with Crippen molar-refractivity contribution in [3.63, 3.8) is 0 Å². The molecule has 80 valence electrons. The van der Waals surface area contributed by atoms with E-state index in [2.05, 4.69) is 0 Å². The van der Waals surface area contributed by atoms with Crippen LogP contribution in [0.1, 0.15) is 20.3 Å². The smallest absolute Gasteiger partial charge is 0.303 e. The van der Waals surface area contributed by atoms with Crippen LogP contribution >= 0.6 is 0 Å². The lowest BCUT2D eigenvalue weighted by molar-refractivity contribution is -0.156. The Morgan fingerprint density at radius 2 is 2.36 bits per heavy atom. The van der Waals surface area contributed by atoms with E-state index in [9.17, 15) is 4.79 Å². The zero-order valence-corrected chi connectivity index (χ0v) is 8.47. The maximum atomic E-state index is 10.8. The molecular formula is C10H16O4. The van der Waals surface area contributed by atoms with Gasteiger partial charge in [0, 0.05) is 19.4 Å². The summed E-state index contributed by atoms with van der Waals surface area (Å²) >= 11 is 0. The Labute approximate surface area is 83.5 Å². The monoisotopic (exact) mass is 200 g/mol. The van der Waals surface area contributed by atoms with Gasteiger partial charge in [0.25, 0.3) is 0 Å².